The van der Waals surface area contributed by atoms with Crippen LogP contribution < -0.4 is 5.73 Å². The molecule has 14 heavy (non-hydrogen) atoms. The number of nitrogens with two attached hydrogens (primary N) is 1. The minimum absolute atomic E-state index is 0.0174. The highest BCUT2D eigenvalue weighted by Gasteiger charge is 2.14. The zero-order valence-electron chi connectivity index (χ0n) is 7.30. The van der Waals surface area contributed by atoms with E-state index in [1.165, 1.54) is 12.1 Å². The number of benzene rings is 1. The van der Waals surface area contributed by atoms with Crippen LogP contribution in [0.5, 0.6) is 0 Å². The zero-order chi connectivity index (χ0) is 10.7. The summed E-state index contributed by atoms with van der Waals surface area (Å²) in [4.78, 5) is 9.84. The molecule has 1 aromatic carbocycles. The van der Waals surface area contributed by atoms with Crippen LogP contribution in [0, 0.1) is 10.1 Å². The molecule has 0 radical (unpaired) electrons. The number of nitro benzene ring substituents is 1. The molecule has 0 spiro atoms. The van der Waals surface area contributed by atoms with Crippen LogP contribution in [-0.2, 0) is 13.2 Å². The smallest absolute Gasteiger partial charge is 0.292 e. The molecule has 1 rings (SSSR count). The highest BCUT2D eigenvalue weighted by molar-refractivity contribution is 5.61. The first-order valence-electron chi connectivity index (χ1n) is 3.87. The Morgan fingerprint density at radius 1 is 1.29 bits per heavy atom. The summed E-state index contributed by atoms with van der Waals surface area (Å²) in [5.41, 5.74) is 5.82. The summed E-state index contributed by atoms with van der Waals surface area (Å²) in [6, 6.07) is 2.46. The lowest BCUT2D eigenvalue weighted by Gasteiger charge is -2.05. The van der Waals surface area contributed by atoms with Crippen LogP contribution in [0.1, 0.15) is 11.1 Å². The monoisotopic (exact) mass is 198 g/mol. The number of anilines is 1. The second-order valence-corrected chi connectivity index (χ2v) is 2.75. The van der Waals surface area contributed by atoms with E-state index in [9.17, 15) is 10.1 Å². The number of hydrogen-bond donors (Lipinski definition) is 3. The van der Waals surface area contributed by atoms with Gasteiger partial charge in [0.2, 0.25) is 0 Å². The van der Waals surface area contributed by atoms with Gasteiger partial charge < -0.3 is 15.9 Å². The summed E-state index contributed by atoms with van der Waals surface area (Å²) in [5, 5.41) is 28.2. The van der Waals surface area contributed by atoms with Gasteiger partial charge in [-0.3, -0.25) is 10.1 Å². The molecule has 0 bridgehead atoms. The van der Waals surface area contributed by atoms with Gasteiger partial charge in [0.15, 0.2) is 0 Å². The second kappa shape index (κ2) is 4.03. The lowest BCUT2D eigenvalue weighted by Crippen LogP contribution is -2.01. The summed E-state index contributed by atoms with van der Waals surface area (Å²) in [6.45, 7) is -0.672. The van der Waals surface area contributed by atoms with Crippen molar-refractivity contribution in [2.75, 3.05) is 5.73 Å². The minimum atomic E-state index is -0.629. The molecule has 1 aromatic rings. The van der Waals surface area contributed by atoms with Crippen LogP contribution in [0.2, 0.25) is 0 Å². The van der Waals surface area contributed by atoms with Gasteiger partial charge in [-0.25, -0.2) is 0 Å². The number of nitro groups is 1. The number of nitrogen functional groups attached to an aromatic ring is 1. The summed E-state index contributed by atoms with van der Waals surface area (Å²) in [6.07, 6.45) is 0. The third kappa shape index (κ3) is 1.81. The van der Waals surface area contributed by atoms with Crippen molar-refractivity contribution in [3.05, 3.63) is 33.4 Å². The van der Waals surface area contributed by atoms with Gasteiger partial charge in [0.1, 0.15) is 5.69 Å². The van der Waals surface area contributed by atoms with Gasteiger partial charge in [0.25, 0.3) is 5.69 Å². The van der Waals surface area contributed by atoms with Gasteiger partial charge in [-0.1, -0.05) is 0 Å². The molecule has 0 aromatic heterocycles. The minimum Gasteiger partial charge on any atom is -0.393 e. The molecule has 0 saturated heterocycles. The van der Waals surface area contributed by atoms with Gasteiger partial charge in [-0.05, 0) is 17.2 Å². The van der Waals surface area contributed by atoms with Gasteiger partial charge in [0.05, 0.1) is 18.1 Å². The highest BCUT2D eigenvalue weighted by Crippen LogP contribution is 2.25. The fraction of sp³-hybridized carbons (Fsp3) is 0.250. The molecule has 0 atom stereocenters. The summed E-state index contributed by atoms with van der Waals surface area (Å²) < 4.78 is 0. The van der Waals surface area contributed by atoms with Crippen LogP contribution in [0.3, 0.4) is 0 Å². The predicted octanol–water partition coefficient (Wildman–Crippen LogP) is 0.162. The fourth-order valence-corrected chi connectivity index (χ4v) is 1.15. The molecular formula is C8H10N2O4. The van der Waals surface area contributed by atoms with Crippen LogP contribution in [0.15, 0.2) is 12.1 Å². The van der Waals surface area contributed by atoms with Crippen LogP contribution in [0.4, 0.5) is 11.4 Å². The van der Waals surface area contributed by atoms with Gasteiger partial charge in [-0.15, -0.1) is 0 Å². The van der Waals surface area contributed by atoms with E-state index >= 15 is 0 Å². The first-order valence-corrected chi connectivity index (χ1v) is 3.87. The Hall–Kier alpha value is -1.66. The Bertz CT molecular complexity index is 365. The van der Waals surface area contributed by atoms with Crippen molar-refractivity contribution in [3.63, 3.8) is 0 Å². The Kier molecular flexibility index (Phi) is 3.00. The number of aliphatic hydroxyl groups excluding tert-OH is 2. The van der Waals surface area contributed by atoms with Crippen LogP contribution in [-0.4, -0.2) is 15.1 Å². The molecule has 0 aliphatic heterocycles. The van der Waals surface area contributed by atoms with Crippen LogP contribution in [0.25, 0.3) is 0 Å². The Balaban J connectivity index is 3.30. The van der Waals surface area contributed by atoms with E-state index < -0.39 is 4.92 Å². The molecule has 0 saturated carbocycles. The molecule has 0 heterocycles. The quantitative estimate of drug-likeness (QED) is 0.364. The van der Waals surface area contributed by atoms with Crippen molar-refractivity contribution < 1.29 is 15.1 Å². The topological polar surface area (TPSA) is 110 Å². The van der Waals surface area contributed by atoms with Crippen molar-refractivity contribution in [1.29, 1.82) is 0 Å². The average Bonchev–Trinajstić information content (AvgIpc) is 2.16. The molecule has 0 aliphatic rings. The molecule has 0 aliphatic carbocycles. The Morgan fingerprint density at radius 2 is 1.79 bits per heavy atom. The molecule has 0 unspecified atom stereocenters. The Labute approximate surface area is 79.7 Å². The third-order valence-corrected chi connectivity index (χ3v) is 1.89. The lowest BCUT2D eigenvalue weighted by atomic mass is 10.1. The van der Waals surface area contributed by atoms with Gasteiger partial charge in [-0.2, -0.15) is 0 Å². The molecule has 6 nitrogen and oxygen atoms in total. The van der Waals surface area contributed by atoms with Crippen molar-refractivity contribution in [1.82, 2.24) is 0 Å². The van der Waals surface area contributed by atoms with Crippen molar-refractivity contribution in [3.8, 4) is 0 Å². The largest absolute Gasteiger partial charge is 0.393 e. The number of hydrogen-bond acceptors (Lipinski definition) is 5. The van der Waals surface area contributed by atoms with E-state index in [0.29, 0.717) is 11.1 Å². The summed E-state index contributed by atoms with van der Waals surface area (Å²) >= 11 is 0. The van der Waals surface area contributed by atoms with Crippen molar-refractivity contribution in [2.45, 2.75) is 13.2 Å². The molecule has 0 amide bonds. The predicted molar refractivity (Wildman–Crippen MR) is 49.4 cm³/mol. The molecule has 76 valence electrons. The van der Waals surface area contributed by atoms with E-state index in [0.717, 1.165) is 0 Å². The number of aliphatic hydroxyl groups is 2. The molecular weight excluding hydrogens is 188 g/mol. The maximum Gasteiger partial charge on any atom is 0.292 e. The first-order chi connectivity index (χ1) is 6.60. The Morgan fingerprint density at radius 3 is 2.21 bits per heavy atom. The zero-order valence-corrected chi connectivity index (χ0v) is 7.30. The van der Waals surface area contributed by atoms with Crippen molar-refractivity contribution in [2.24, 2.45) is 0 Å². The fourth-order valence-electron chi connectivity index (χ4n) is 1.15. The average molecular weight is 198 g/mol. The van der Waals surface area contributed by atoms with E-state index in [1.54, 1.807) is 0 Å². The standard InChI is InChI=1S/C8H10N2O4/c9-7-1-5(3-11)6(4-12)2-8(7)10(13)14/h1-2,11-12H,3-4,9H2. The molecule has 0 fully saturated rings. The SMILES string of the molecule is Nc1cc(CO)c(CO)cc1[N+](=O)[O-]. The van der Waals surface area contributed by atoms with Crippen LogP contribution >= 0.6 is 0 Å². The highest BCUT2D eigenvalue weighted by atomic mass is 16.6. The maximum absolute atomic E-state index is 10.5. The third-order valence-electron chi connectivity index (χ3n) is 1.89. The van der Waals surface area contributed by atoms with Gasteiger partial charge in [0, 0.05) is 6.07 Å². The van der Waals surface area contributed by atoms with E-state index in [2.05, 4.69) is 0 Å². The van der Waals surface area contributed by atoms with E-state index in [1.807, 2.05) is 0 Å². The summed E-state index contributed by atoms with van der Waals surface area (Å²) in [5.74, 6) is 0. The summed E-state index contributed by atoms with van der Waals surface area (Å²) in [7, 11) is 0. The number of rotatable bonds is 3. The van der Waals surface area contributed by atoms with E-state index in [-0.39, 0.29) is 24.6 Å². The van der Waals surface area contributed by atoms with E-state index in [4.69, 9.17) is 15.9 Å². The first kappa shape index (κ1) is 10.4. The van der Waals surface area contributed by atoms with Gasteiger partial charge >= 0.3 is 0 Å². The molecule has 4 N–H and O–H groups in total. The lowest BCUT2D eigenvalue weighted by molar-refractivity contribution is -0.384. The van der Waals surface area contributed by atoms with Crippen molar-refractivity contribution >= 4 is 11.4 Å². The normalized spacial score (nSPS) is 10.1. The maximum atomic E-state index is 10.5. The second-order valence-electron chi connectivity index (χ2n) is 2.75. The molecule has 6 heteroatoms. The number of nitrogens with zero attached hydrogens (tertiary/aromatic N) is 1.